The van der Waals surface area contributed by atoms with E-state index in [2.05, 4.69) is 15.4 Å². The molecule has 0 atom stereocenters. The molecule has 0 saturated heterocycles. The molecule has 152 valence electrons. The number of nitrogens with one attached hydrogen (secondary N) is 1. The minimum atomic E-state index is -0.340. The lowest BCUT2D eigenvalue weighted by molar-refractivity contribution is 0.101. The number of rotatable bonds is 5. The van der Waals surface area contributed by atoms with Crippen LogP contribution in [-0.4, -0.2) is 32.3 Å². The van der Waals surface area contributed by atoms with E-state index < -0.39 is 0 Å². The molecule has 0 spiro atoms. The fourth-order valence-corrected chi connectivity index (χ4v) is 3.44. The number of hydrogen-bond donors (Lipinski definition) is 1. The largest absolute Gasteiger partial charge is 0.493 e. The first kappa shape index (κ1) is 18.6. The highest BCUT2D eigenvalue weighted by atomic mass is 16.5. The number of hydrogen-bond acceptors (Lipinski definition) is 4. The number of carbonyl (C=O) groups excluding carboxylic acids is 1. The molecule has 0 fully saturated rings. The van der Waals surface area contributed by atoms with E-state index in [4.69, 9.17) is 4.74 Å². The molecule has 7 heteroatoms. The van der Waals surface area contributed by atoms with E-state index in [1.807, 2.05) is 83.4 Å². The molecule has 0 saturated carbocycles. The molecule has 2 heterocycles. The van der Waals surface area contributed by atoms with Crippen molar-refractivity contribution in [2.24, 2.45) is 0 Å². The Labute approximate surface area is 178 Å². The Balaban J connectivity index is 1.38. The zero-order valence-corrected chi connectivity index (χ0v) is 16.8. The molecule has 1 N–H and O–H groups in total. The Morgan fingerprint density at radius 2 is 1.65 bits per heavy atom. The highest BCUT2D eigenvalue weighted by molar-refractivity contribution is 6.04. The molecular formula is C24H19N5O2. The van der Waals surface area contributed by atoms with E-state index in [0.29, 0.717) is 11.4 Å². The van der Waals surface area contributed by atoms with Crippen LogP contribution in [0.15, 0.2) is 91.4 Å². The molecule has 0 bridgehead atoms. The van der Waals surface area contributed by atoms with Crippen molar-refractivity contribution >= 4 is 22.6 Å². The lowest BCUT2D eigenvalue weighted by atomic mass is 10.2. The van der Waals surface area contributed by atoms with E-state index in [9.17, 15) is 4.79 Å². The van der Waals surface area contributed by atoms with Gasteiger partial charge in [-0.3, -0.25) is 9.36 Å². The molecule has 0 aliphatic heterocycles. The van der Waals surface area contributed by atoms with E-state index in [1.165, 1.54) is 7.11 Å². The third-order valence-electron chi connectivity index (χ3n) is 4.99. The van der Waals surface area contributed by atoms with Crippen LogP contribution in [0.3, 0.4) is 0 Å². The van der Waals surface area contributed by atoms with Gasteiger partial charge in [-0.1, -0.05) is 30.3 Å². The molecule has 5 aromatic rings. The van der Waals surface area contributed by atoms with Crippen LogP contribution >= 0.6 is 0 Å². The van der Waals surface area contributed by atoms with Crippen molar-refractivity contribution < 1.29 is 9.53 Å². The molecule has 0 aliphatic rings. The first-order valence-corrected chi connectivity index (χ1v) is 9.76. The second-order valence-corrected chi connectivity index (χ2v) is 6.93. The van der Waals surface area contributed by atoms with Crippen LogP contribution in [0, 0.1) is 0 Å². The number of anilines is 1. The summed E-state index contributed by atoms with van der Waals surface area (Å²) in [5.74, 6) is 0.0650. The SMILES string of the molecule is COc1cn(-c2ccccc2)nc1C(=O)Nc1ccc(-n2cnc3ccccc32)cc1. The van der Waals surface area contributed by atoms with Gasteiger partial charge in [0.15, 0.2) is 11.4 Å². The van der Waals surface area contributed by atoms with Gasteiger partial charge in [-0.25, -0.2) is 9.67 Å². The predicted octanol–water partition coefficient (Wildman–Crippen LogP) is 4.47. The zero-order chi connectivity index (χ0) is 21.2. The van der Waals surface area contributed by atoms with E-state index in [-0.39, 0.29) is 11.6 Å². The lowest BCUT2D eigenvalue weighted by Crippen LogP contribution is -2.14. The molecule has 5 rings (SSSR count). The lowest BCUT2D eigenvalue weighted by Gasteiger charge is -2.08. The van der Waals surface area contributed by atoms with Crippen molar-refractivity contribution in [2.75, 3.05) is 12.4 Å². The molecule has 3 aromatic carbocycles. The Morgan fingerprint density at radius 1 is 0.903 bits per heavy atom. The van der Waals surface area contributed by atoms with Crippen molar-refractivity contribution in [3.05, 3.63) is 97.1 Å². The Morgan fingerprint density at radius 3 is 2.42 bits per heavy atom. The Hall–Kier alpha value is -4.39. The van der Waals surface area contributed by atoms with Gasteiger partial charge in [-0.15, -0.1) is 0 Å². The van der Waals surface area contributed by atoms with Crippen LogP contribution in [0.5, 0.6) is 5.75 Å². The number of amides is 1. The van der Waals surface area contributed by atoms with Gasteiger partial charge in [0.25, 0.3) is 5.91 Å². The number of carbonyl (C=O) groups is 1. The number of aromatic nitrogens is 4. The van der Waals surface area contributed by atoms with Crippen molar-refractivity contribution in [1.82, 2.24) is 19.3 Å². The van der Waals surface area contributed by atoms with Crippen molar-refractivity contribution in [1.29, 1.82) is 0 Å². The Bertz CT molecular complexity index is 1350. The van der Waals surface area contributed by atoms with Crippen molar-refractivity contribution in [3.63, 3.8) is 0 Å². The number of para-hydroxylation sites is 3. The summed E-state index contributed by atoms with van der Waals surface area (Å²) in [4.78, 5) is 17.3. The average molecular weight is 409 g/mol. The standard InChI is InChI=1S/C24H19N5O2/c1-31-22-15-29(19-7-3-2-4-8-19)27-23(22)24(30)26-17-11-13-18(14-12-17)28-16-25-20-9-5-6-10-21(20)28/h2-16H,1H3,(H,26,30). The number of nitrogens with zero attached hydrogens (tertiary/aromatic N) is 4. The highest BCUT2D eigenvalue weighted by Crippen LogP contribution is 2.23. The molecule has 1 amide bonds. The minimum Gasteiger partial charge on any atom is -0.493 e. The fourth-order valence-electron chi connectivity index (χ4n) is 3.44. The van der Waals surface area contributed by atoms with Crippen LogP contribution in [0.2, 0.25) is 0 Å². The highest BCUT2D eigenvalue weighted by Gasteiger charge is 2.18. The van der Waals surface area contributed by atoms with E-state index in [1.54, 1.807) is 17.2 Å². The molecule has 2 aromatic heterocycles. The molecular weight excluding hydrogens is 390 g/mol. The summed E-state index contributed by atoms with van der Waals surface area (Å²) in [6, 6.07) is 25.1. The molecule has 0 radical (unpaired) electrons. The number of ether oxygens (including phenoxy) is 1. The van der Waals surface area contributed by atoms with Crippen LogP contribution in [0.1, 0.15) is 10.5 Å². The molecule has 0 unspecified atom stereocenters. The van der Waals surface area contributed by atoms with Gasteiger partial charge < -0.3 is 10.1 Å². The van der Waals surface area contributed by atoms with Gasteiger partial charge in [-0.05, 0) is 48.5 Å². The predicted molar refractivity (Wildman–Crippen MR) is 119 cm³/mol. The van der Waals surface area contributed by atoms with Crippen LogP contribution in [-0.2, 0) is 0 Å². The third kappa shape index (κ3) is 3.53. The van der Waals surface area contributed by atoms with Gasteiger partial charge in [0.1, 0.15) is 6.33 Å². The number of benzene rings is 3. The van der Waals surface area contributed by atoms with Crippen LogP contribution in [0.25, 0.3) is 22.4 Å². The van der Waals surface area contributed by atoms with Gasteiger partial charge in [-0.2, -0.15) is 5.10 Å². The number of methoxy groups -OCH3 is 1. The molecule has 0 aliphatic carbocycles. The van der Waals surface area contributed by atoms with Crippen LogP contribution in [0.4, 0.5) is 5.69 Å². The molecule has 7 nitrogen and oxygen atoms in total. The summed E-state index contributed by atoms with van der Waals surface area (Å²) < 4.78 is 8.99. The summed E-state index contributed by atoms with van der Waals surface area (Å²) in [6.45, 7) is 0. The quantitative estimate of drug-likeness (QED) is 0.465. The molecule has 31 heavy (non-hydrogen) atoms. The van der Waals surface area contributed by atoms with Crippen molar-refractivity contribution in [3.8, 4) is 17.1 Å². The monoisotopic (exact) mass is 409 g/mol. The average Bonchev–Trinajstić information content (AvgIpc) is 3.45. The maximum Gasteiger partial charge on any atom is 0.280 e. The first-order chi connectivity index (χ1) is 15.2. The smallest absolute Gasteiger partial charge is 0.280 e. The normalized spacial score (nSPS) is 10.9. The topological polar surface area (TPSA) is 74.0 Å². The van der Waals surface area contributed by atoms with Gasteiger partial charge in [0.05, 0.1) is 30.0 Å². The van der Waals surface area contributed by atoms with Gasteiger partial charge >= 0.3 is 0 Å². The van der Waals surface area contributed by atoms with E-state index in [0.717, 1.165) is 22.4 Å². The summed E-state index contributed by atoms with van der Waals surface area (Å²) in [6.07, 6.45) is 3.48. The number of fused-ring (bicyclic) bond motifs is 1. The maximum absolute atomic E-state index is 12.8. The second-order valence-electron chi connectivity index (χ2n) is 6.93. The van der Waals surface area contributed by atoms with Gasteiger partial charge in [0, 0.05) is 11.4 Å². The van der Waals surface area contributed by atoms with Gasteiger partial charge in [0.2, 0.25) is 0 Å². The summed E-state index contributed by atoms with van der Waals surface area (Å²) in [5.41, 5.74) is 4.64. The fraction of sp³-hybridized carbons (Fsp3) is 0.0417. The summed E-state index contributed by atoms with van der Waals surface area (Å²) >= 11 is 0. The first-order valence-electron chi connectivity index (χ1n) is 9.76. The Kier molecular flexibility index (Phi) is 4.68. The third-order valence-corrected chi connectivity index (χ3v) is 4.99. The number of imidazole rings is 1. The van der Waals surface area contributed by atoms with Crippen LogP contribution < -0.4 is 10.1 Å². The van der Waals surface area contributed by atoms with Crippen molar-refractivity contribution in [2.45, 2.75) is 0 Å². The maximum atomic E-state index is 12.8. The summed E-state index contributed by atoms with van der Waals surface area (Å²) in [7, 11) is 1.52. The zero-order valence-electron chi connectivity index (χ0n) is 16.8. The summed E-state index contributed by atoms with van der Waals surface area (Å²) in [5, 5.41) is 7.29. The minimum absolute atomic E-state index is 0.219. The second kappa shape index (κ2) is 7.79. The van der Waals surface area contributed by atoms with E-state index >= 15 is 0 Å².